The van der Waals surface area contributed by atoms with Gasteiger partial charge in [0.15, 0.2) is 0 Å². The number of methoxy groups -OCH3 is 1. The largest absolute Gasteiger partial charge is 0.508 e. The van der Waals surface area contributed by atoms with Crippen molar-refractivity contribution < 1.29 is 19.3 Å². The maximum absolute atomic E-state index is 9.70. The highest BCUT2D eigenvalue weighted by Gasteiger charge is 2.10. The van der Waals surface area contributed by atoms with Gasteiger partial charge in [0, 0.05) is 12.1 Å². The van der Waals surface area contributed by atoms with Gasteiger partial charge < -0.3 is 19.3 Å². The highest BCUT2D eigenvalue weighted by molar-refractivity contribution is 5.42. The molecule has 0 atom stereocenters. The van der Waals surface area contributed by atoms with E-state index in [2.05, 4.69) is 30.3 Å². The summed E-state index contributed by atoms with van der Waals surface area (Å²) in [5.41, 5.74) is 4.47. The summed E-state index contributed by atoms with van der Waals surface area (Å²) in [6, 6.07) is 31.7. The molecule has 0 saturated heterocycles. The molecule has 0 radical (unpaired) electrons. The van der Waals surface area contributed by atoms with Crippen molar-refractivity contribution in [2.45, 2.75) is 32.5 Å². The van der Waals surface area contributed by atoms with E-state index in [4.69, 9.17) is 14.2 Å². The van der Waals surface area contributed by atoms with Crippen LogP contribution in [0.3, 0.4) is 0 Å². The van der Waals surface area contributed by atoms with Crippen LogP contribution in [0, 0.1) is 0 Å². The number of benzene rings is 4. The normalized spacial score (nSPS) is 10.6. The molecule has 0 bridgehead atoms. The second kappa shape index (κ2) is 11.8. The lowest BCUT2D eigenvalue weighted by Crippen LogP contribution is -2.01. The van der Waals surface area contributed by atoms with Gasteiger partial charge in [-0.05, 0) is 53.6 Å². The Morgan fingerprint density at radius 1 is 0.618 bits per heavy atom. The zero-order valence-electron chi connectivity index (χ0n) is 19.4. The van der Waals surface area contributed by atoms with E-state index in [1.807, 2.05) is 54.6 Å². The highest BCUT2D eigenvalue weighted by Crippen LogP contribution is 2.29. The highest BCUT2D eigenvalue weighted by atomic mass is 16.5. The average molecular weight is 455 g/mol. The van der Waals surface area contributed by atoms with E-state index in [0.717, 1.165) is 53.0 Å². The first-order valence-electron chi connectivity index (χ1n) is 11.5. The molecule has 0 saturated carbocycles. The minimum atomic E-state index is 0.211. The Morgan fingerprint density at radius 2 is 1.21 bits per heavy atom. The first-order valence-corrected chi connectivity index (χ1v) is 11.5. The number of rotatable bonds is 11. The zero-order valence-corrected chi connectivity index (χ0v) is 19.4. The average Bonchev–Trinajstić information content (AvgIpc) is 2.89. The standard InChI is InChI=1S/C30H30O4/c1-32-29-19-27(31)17-15-25(29)13-8-14-26-16-18-28(33-21-23-9-4-2-5-10-23)20-30(26)34-22-24-11-6-3-7-12-24/h2-7,9-12,15-20,31H,8,13-14,21-22H2,1H3. The number of hydrogen-bond donors (Lipinski definition) is 1. The molecule has 4 aromatic rings. The monoisotopic (exact) mass is 454 g/mol. The van der Waals surface area contributed by atoms with E-state index in [-0.39, 0.29) is 5.75 Å². The quantitative estimate of drug-likeness (QED) is 0.273. The van der Waals surface area contributed by atoms with E-state index in [0.29, 0.717) is 19.0 Å². The number of aryl methyl sites for hydroxylation is 2. The van der Waals surface area contributed by atoms with Crippen molar-refractivity contribution in [1.82, 2.24) is 0 Å². The lowest BCUT2D eigenvalue weighted by molar-refractivity contribution is 0.287. The fourth-order valence-electron chi connectivity index (χ4n) is 3.85. The van der Waals surface area contributed by atoms with Crippen LogP contribution in [0.5, 0.6) is 23.0 Å². The summed E-state index contributed by atoms with van der Waals surface area (Å²) in [5.74, 6) is 2.55. The minimum Gasteiger partial charge on any atom is -0.508 e. The maximum atomic E-state index is 9.70. The third kappa shape index (κ3) is 6.55. The molecule has 0 unspecified atom stereocenters. The first kappa shape index (κ1) is 23.2. The molecule has 0 aromatic heterocycles. The zero-order chi connectivity index (χ0) is 23.6. The Balaban J connectivity index is 1.45. The van der Waals surface area contributed by atoms with Gasteiger partial charge in [-0.15, -0.1) is 0 Å². The third-order valence-corrected chi connectivity index (χ3v) is 5.69. The van der Waals surface area contributed by atoms with Crippen LogP contribution in [0.15, 0.2) is 97.1 Å². The van der Waals surface area contributed by atoms with Crippen molar-refractivity contribution in [2.75, 3.05) is 7.11 Å². The molecule has 0 heterocycles. The third-order valence-electron chi connectivity index (χ3n) is 5.69. The van der Waals surface area contributed by atoms with Crippen LogP contribution < -0.4 is 14.2 Å². The van der Waals surface area contributed by atoms with Crippen LogP contribution >= 0.6 is 0 Å². The van der Waals surface area contributed by atoms with Crippen molar-refractivity contribution in [2.24, 2.45) is 0 Å². The number of hydrogen-bond acceptors (Lipinski definition) is 4. The lowest BCUT2D eigenvalue weighted by atomic mass is 10.0. The van der Waals surface area contributed by atoms with Gasteiger partial charge in [0.2, 0.25) is 0 Å². The van der Waals surface area contributed by atoms with Crippen molar-refractivity contribution in [3.8, 4) is 23.0 Å². The van der Waals surface area contributed by atoms with Crippen LogP contribution in [0.1, 0.15) is 28.7 Å². The van der Waals surface area contributed by atoms with Gasteiger partial charge in [0.1, 0.15) is 36.2 Å². The number of ether oxygens (including phenoxy) is 3. The van der Waals surface area contributed by atoms with E-state index in [1.165, 1.54) is 0 Å². The van der Waals surface area contributed by atoms with Crippen molar-refractivity contribution >= 4 is 0 Å². The number of aromatic hydroxyl groups is 1. The van der Waals surface area contributed by atoms with E-state index < -0.39 is 0 Å². The molecule has 0 fully saturated rings. The fraction of sp³-hybridized carbons (Fsp3) is 0.200. The molecule has 0 spiro atoms. The molecule has 4 aromatic carbocycles. The van der Waals surface area contributed by atoms with Crippen molar-refractivity contribution in [1.29, 1.82) is 0 Å². The Labute approximate surface area is 201 Å². The Hall–Kier alpha value is -3.92. The summed E-state index contributed by atoms with van der Waals surface area (Å²) in [6.07, 6.45) is 2.62. The van der Waals surface area contributed by atoms with E-state index in [1.54, 1.807) is 19.2 Å². The molecule has 174 valence electrons. The summed E-state index contributed by atoms with van der Waals surface area (Å²) < 4.78 is 17.7. The first-order chi connectivity index (χ1) is 16.7. The molecular weight excluding hydrogens is 424 g/mol. The van der Waals surface area contributed by atoms with Crippen LogP contribution in [-0.4, -0.2) is 12.2 Å². The summed E-state index contributed by atoms with van der Waals surface area (Å²) in [7, 11) is 1.63. The van der Waals surface area contributed by atoms with Gasteiger partial charge in [-0.25, -0.2) is 0 Å². The van der Waals surface area contributed by atoms with E-state index >= 15 is 0 Å². The minimum absolute atomic E-state index is 0.211. The molecular formula is C30H30O4. The smallest absolute Gasteiger partial charge is 0.126 e. The van der Waals surface area contributed by atoms with Gasteiger partial charge >= 0.3 is 0 Å². The predicted molar refractivity (Wildman–Crippen MR) is 135 cm³/mol. The van der Waals surface area contributed by atoms with Gasteiger partial charge in [0.05, 0.1) is 7.11 Å². The number of phenols is 1. The molecule has 4 nitrogen and oxygen atoms in total. The van der Waals surface area contributed by atoms with Gasteiger partial charge in [-0.2, -0.15) is 0 Å². The molecule has 0 aliphatic carbocycles. The second-order valence-electron chi connectivity index (χ2n) is 8.17. The summed E-state index contributed by atoms with van der Waals surface area (Å²) in [4.78, 5) is 0. The Bertz CT molecular complexity index is 1170. The fourth-order valence-corrected chi connectivity index (χ4v) is 3.85. The maximum Gasteiger partial charge on any atom is 0.126 e. The van der Waals surface area contributed by atoms with Crippen LogP contribution in [0.2, 0.25) is 0 Å². The molecule has 1 N–H and O–H groups in total. The van der Waals surface area contributed by atoms with Crippen molar-refractivity contribution in [3.63, 3.8) is 0 Å². The topological polar surface area (TPSA) is 47.9 Å². The molecule has 34 heavy (non-hydrogen) atoms. The number of phenolic OH excluding ortho intramolecular Hbond substituents is 1. The van der Waals surface area contributed by atoms with Gasteiger partial charge in [-0.3, -0.25) is 0 Å². The summed E-state index contributed by atoms with van der Waals surface area (Å²) in [6.45, 7) is 1.01. The molecule has 4 heteroatoms. The Kier molecular flexibility index (Phi) is 8.07. The SMILES string of the molecule is COc1cc(O)ccc1CCCc1ccc(OCc2ccccc2)cc1OCc1ccccc1. The molecule has 0 amide bonds. The predicted octanol–water partition coefficient (Wildman–Crippen LogP) is 6.73. The molecule has 0 aliphatic rings. The van der Waals surface area contributed by atoms with Crippen LogP contribution in [-0.2, 0) is 26.1 Å². The Morgan fingerprint density at radius 3 is 1.85 bits per heavy atom. The van der Waals surface area contributed by atoms with Crippen LogP contribution in [0.25, 0.3) is 0 Å². The molecule has 4 rings (SSSR count). The van der Waals surface area contributed by atoms with Crippen molar-refractivity contribution in [3.05, 3.63) is 119 Å². The van der Waals surface area contributed by atoms with Gasteiger partial charge in [-0.1, -0.05) is 72.8 Å². The van der Waals surface area contributed by atoms with Crippen LogP contribution in [0.4, 0.5) is 0 Å². The van der Waals surface area contributed by atoms with Gasteiger partial charge in [0.25, 0.3) is 0 Å². The van der Waals surface area contributed by atoms with E-state index in [9.17, 15) is 5.11 Å². The summed E-state index contributed by atoms with van der Waals surface area (Å²) >= 11 is 0. The molecule has 0 aliphatic heterocycles. The lowest BCUT2D eigenvalue weighted by Gasteiger charge is -2.15. The second-order valence-corrected chi connectivity index (χ2v) is 8.17. The summed E-state index contributed by atoms with van der Waals surface area (Å²) in [5, 5.41) is 9.70.